The van der Waals surface area contributed by atoms with E-state index in [2.05, 4.69) is 0 Å². The number of halogens is 2. The molecule has 13 heavy (non-hydrogen) atoms. The molecule has 1 aliphatic carbocycles. The van der Waals surface area contributed by atoms with E-state index in [4.69, 9.17) is 8.85 Å². The van der Waals surface area contributed by atoms with Gasteiger partial charge in [0.05, 0.1) is 0 Å². The molecule has 77 valence electrons. The lowest BCUT2D eigenvalue weighted by molar-refractivity contribution is 0.0991. The van der Waals surface area contributed by atoms with Gasteiger partial charge in [-0.15, -0.1) is 0 Å². The van der Waals surface area contributed by atoms with Crippen molar-refractivity contribution in [3.05, 3.63) is 0 Å². The van der Waals surface area contributed by atoms with E-state index in [0.29, 0.717) is 19.3 Å². The summed E-state index contributed by atoms with van der Waals surface area (Å²) in [6.07, 6.45) is 0.0152. The van der Waals surface area contributed by atoms with Crippen LogP contribution in [0.2, 0.25) is 6.04 Å². The van der Waals surface area contributed by atoms with Crippen molar-refractivity contribution in [1.29, 1.82) is 0 Å². The maximum Gasteiger partial charge on any atom is 0.385 e. The Hall–Kier alpha value is -0.00312. The van der Waals surface area contributed by atoms with E-state index >= 15 is 0 Å². The molecule has 0 saturated heterocycles. The first kappa shape index (κ1) is 11.1. The smallest absolute Gasteiger partial charge is 0.385 e. The fourth-order valence-electron chi connectivity index (χ4n) is 1.17. The van der Waals surface area contributed by atoms with E-state index in [-0.39, 0.29) is 6.42 Å². The number of alkyl halides is 2. The predicted octanol–water partition coefficient (Wildman–Crippen LogP) is 2.20. The summed E-state index contributed by atoms with van der Waals surface area (Å²) in [5.41, 5.74) is 0. The third kappa shape index (κ3) is 3.32. The van der Waals surface area contributed by atoms with E-state index < -0.39 is 21.1 Å². The molecule has 1 saturated carbocycles. The lowest BCUT2D eigenvalue weighted by atomic mass is 10.5. The first-order valence-corrected chi connectivity index (χ1v) is 6.11. The molecule has 0 spiro atoms. The minimum Gasteiger partial charge on any atom is -0.394 e. The molecule has 1 rings (SSSR count). The number of rotatable bonds is 6. The highest BCUT2D eigenvalue weighted by molar-refractivity contribution is 6.44. The van der Waals surface area contributed by atoms with Crippen LogP contribution < -0.4 is 0 Å². The van der Waals surface area contributed by atoms with Crippen LogP contribution in [0.25, 0.3) is 0 Å². The Kier molecular flexibility index (Phi) is 3.82. The molecule has 0 aromatic heterocycles. The highest BCUT2D eigenvalue weighted by atomic mass is 28.3. The number of hydrogen-bond acceptors (Lipinski definition) is 2. The van der Waals surface area contributed by atoms with Crippen LogP contribution in [0.5, 0.6) is 0 Å². The molecule has 0 aromatic carbocycles. The average Bonchev–Trinajstić information content (AvgIpc) is 2.59. The average molecular weight is 209 g/mol. The summed E-state index contributed by atoms with van der Waals surface area (Å²) in [4.78, 5) is 0. The lowest BCUT2D eigenvalue weighted by Gasteiger charge is -2.12. The Morgan fingerprint density at radius 2 is 1.77 bits per heavy atom. The van der Waals surface area contributed by atoms with Gasteiger partial charge in [0, 0.05) is 31.6 Å². The van der Waals surface area contributed by atoms with E-state index in [1.54, 1.807) is 0 Å². The van der Waals surface area contributed by atoms with Crippen molar-refractivity contribution in [1.82, 2.24) is 0 Å². The second kappa shape index (κ2) is 4.48. The van der Waals surface area contributed by atoms with E-state index in [1.807, 2.05) is 13.8 Å². The van der Waals surface area contributed by atoms with Gasteiger partial charge in [0.25, 0.3) is 5.92 Å². The van der Waals surface area contributed by atoms with Gasteiger partial charge in [0.2, 0.25) is 0 Å². The van der Waals surface area contributed by atoms with Crippen molar-refractivity contribution in [2.75, 3.05) is 13.2 Å². The SMILES string of the molecule is CCO[Si](CC1CC1(F)F)OCC. The zero-order valence-corrected chi connectivity index (χ0v) is 8.98. The fraction of sp³-hybridized carbons (Fsp3) is 1.00. The van der Waals surface area contributed by atoms with Gasteiger partial charge in [-0.3, -0.25) is 0 Å². The van der Waals surface area contributed by atoms with Crippen LogP contribution in [0.4, 0.5) is 8.78 Å². The molecule has 5 heteroatoms. The van der Waals surface area contributed by atoms with Crippen LogP contribution in [-0.2, 0) is 8.85 Å². The second-order valence-electron chi connectivity index (χ2n) is 3.10. The number of hydrogen-bond donors (Lipinski definition) is 0. The van der Waals surface area contributed by atoms with Gasteiger partial charge in [-0.05, 0) is 13.8 Å². The molecule has 1 aliphatic rings. The third-order valence-electron chi connectivity index (χ3n) is 1.98. The van der Waals surface area contributed by atoms with Gasteiger partial charge in [0.15, 0.2) is 0 Å². The molecule has 0 amide bonds. The molecule has 0 aromatic rings. The van der Waals surface area contributed by atoms with Crippen LogP contribution >= 0.6 is 0 Å². The molecule has 0 bridgehead atoms. The molecule has 1 atom stereocenters. The Morgan fingerprint density at radius 3 is 2.08 bits per heavy atom. The summed E-state index contributed by atoms with van der Waals surface area (Å²) in [6, 6.07) is 0.416. The molecule has 0 heterocycles. The van der Waals surface area contributed by atoms with Crippen molar-refractivity contribution in [3.63, 3.8) is 0 Å². The fourth-order valence-corrected chi connectivity index (χ4v) is 2.98. The molecule has 0 aliphatic heterocycles. The Balaban J connectivity index is 2.23. The maximum absolute atomic E-state index is 12.5. The first-order valence-electron chi connectivity index (χ1n) is 4.59. The largest absolute Gasteiger partial charge is 0.394 e. The standard InChI is InChI=1S/C8H15F2O2Si/c1-3-11-13(12-4-2)6-7-5-8(7,9)10/h7H,3-6H2,1-2H3. The summed E-state index contributed by atoms with van der Waals surface area (Å²) in [5, 5.41) is 0. The van der Waals surface area contributed by atoms with Gasteiger partial charge >= 0.3 is 9.28 Å². The van der Waals surface area contributed by atoms with Gasteiger partial charge in [-0.1, -0.05) is 0 Å². The summed E-state index contributed by atoms with van der Waals surface area (Å²) in [5.74, 6) is -2.93. The molecule has 1 unspecified atom stereocenters. The second-order valence-corrected chi connectivity index (χ2v) is 4.83. The predicted molar refractivity (Wildman–Crippen MR) is 46.9 cm³/mol. The van der Waals surface area contributed by atoms with E-state index in [9.17, 15) is 8.78 Å². The van der Waals surface area contributed by atoms with Gasteiger partial charge < -0.3 is 8.85 Å². The van der Waals surface area contributed by atoms with Crippen LogP contribution in [0.1, 0.15) is 20.3 Å². The topological polar surface area (TPSA) is 18.5 Å². The Bertz CT molecular complexity index is 160. The normalized spacial score (nSPS) is 25.2. The summed E-state index contributed by atoms with van der Waals surface area (Å²) in [6.45, 7) is 4.81. The minimum atomic E-state index is -2.44. The van der Waals surface area contributed by atoms with Crippen LogP contribution in [-0.4, -0.2) is 28.4 Å². The van der Waals surface area contributed by atoms with Crippen LogP contribution in [0.15, 0.2) is 0 Å². The van der Waals surface area contributed by atoms with Crippen molar-refractivity contribution in [2.24, 2.45) is 5.92 Å². The Morgan fingerprint density at radius 1 is 1.31 bits per heavy atom. The molecule has 1 radical (unpaired) electrons. The summed E-state index contributed by atoms with van der Waals surface area (Å²) >= 11 is 0. The highest BCUT2D eigenvalue weighted by Gasteiger charge is 2.57. The van der Waals surface area contributed by atoms with E-state index in [0.717, 1.165) is 0 Å². The van der Waals surface area contributed by atoms with Crippen molar-refractivity contribution in [3.8, 4) is 0 Å². The van der Waals surface area contributed by atoms with Gasteiger partial charge in [-0.2, -0.15) is 0 Å². The van der Waals surface area contributed by atoms with Crippen molar-refractivity contribution >= 4 is 9.28 Å². The highest BCUT2D eigenvalue weighted by Crippen LogP contribution is 2.51. The van der Waals surface area contributed by atoms with Crippen LogP contribution in [0, 0.1) is 5.92 Å². The zero-order valence-electron chi connectivity index (χ0n) is 7.98. The van der Waals surface area contributed by atoms with E-state index in [1.165, 1.54) is 0 Å². The third-order valence-corrected chi connectivity index (χ3v) is 4.03. The molecule has 2 nitrogen and oxygen atoms in total. The van der Waals surface area contributed by atoms with Crippen molar-refractivity contribution < 1.29 is 17.6 Å². The van der Waals surface area contributed by atoms with Crippen LogP contribution in [0.3, 0.4) is 0 Å². The Labute approximate surface area is 79.1 Å². The quantitative estimate of drug-likeness (QED) is 0.624. The molecular weight excluding hydrogens is 194 g/mol. The lowest BCUT2D eigenvalue weighted by Crippen LogP contribution is -2.24. The van der Waals surface area contributed by atoms with Crippen molar-refractivity contribution in [2.45, 2.75) is 32.2 Å². The summed E-state index contributed by atoms with van der Waals surface area (Å²) in [7, 11) is -1.43. The molecular formula is C8H15F2O2Si. The van der Waals surface area contributed by atoms with Gasteiger partial charge in [-0.25, -0.2) is 8.78 Å². The monoisotopic (exact) mass is 209 g/mol. The summed E-state index contributed by atoms with van der Waals surface area (Å²) < 4.78 is 35.6. The molecule has 1 fully saturated rings. The molecule has 0 N–H and O–H groups in total. The zero-order chi connectivity index (χ0) is 9.90. The van der Waals surface area contributed by atoms with Gasteiger partial charge in [0.1, 0.15) is 0 Å². The first-order chi connectivity index (χ1) is 6.10. The maximum atomic E-state index is 12.5. The minimum absolute atomic E-state index is 0.0152.